The Morgan fingerprint density at radius 2 is 1.65 bits per heavy atom. The first kappa shape index (κ1) is 21.0. The average molecular weight is 434 g/mol. The van der Waals surface area contributed by atoms with Gasteiger partial charge >= 0.3 is 0 Å². The summed E-state index contributed by atoms with van der Waals surface area (Å²) in [5.74, 6) is 0. The molecule has 0 atom stereocenters. The van der Waals surface area contributed by atoms with E-state index in [1.165, 1.54) is 6.21 Å². The van der Waals surface area contributed by atoms with E-state index in [1.54, 1.807) is 31.2 Å². The van der Waals surface area contributed by atoms with Crippen molar-refractivity contribution in [1.82, 2.24) is 4.83 Å². The highest BCUT2D eigenvalue weighted by Gasteiger charge is 2.21. The van der Waals surface area contributed by atoms with E-state index in [0.717, 1.165) is 5.56 Å². The Labute approximate surface area is 169 Å². The molecule has 26 heavy (non-hydrogen) atoms. The molecule has 2 aromatic rings. The maximum absolute atomic E-state index is 12.6. The van der Waals surface area contributed by atoms with Crippen LogP contribution in [0.2, 0.25) is 15.1 Å². The third-order valence-corrected chi connectivity index (χ3v) is 6.30. The zero-order chi connectivity index (χ0) is 19.7. The molecule has 0 fully saturated rings. The second-order valence-electron chi connectivity index (χ2n) is 6.84. The highest BCUT2D eigenvalue weighted by atomic mass is 35.5. The molecule has 0 amide bonds. The van der Waals surface area contributed by atoms with Crippen molar-refractivity contribution in [2.75, 3.05) is 0 Å². The van der Waals surface area contributed by atoms with E-state index in [-0.39, 0.29) is 15.3 Å². The van der Waals surface area contributed by atoms with Crippen LogP contribution in [0.5, 0.6) is 0 Å². The van der Waals surface area contributed by atoms with Crippen LogP contribution >= 0.6 is 34.8 Å². The Balaban J connectivity index is 2.35. The number of hydrogen-bond acceptors (Lipinski definition) is 3. The van der Waals surface area contributed by atoms with E-state index in [0.29, 0.717) is 21.2 Å². The first-order valence-corrected chi connectivity index (χ1v) is 10.3. The molecular weight excluding hydrogens is 415 g/mol. The fraction of sp³-hybridized carbons (Fsp3) is 0.278. The lowest BCUT2D eigenvalue weighted by molar-refractivity contribution is 0.577. The van der Waals surface area contributed by atoms with Crippen LogP contribution in [-0.2, 0) is 15.4 Å². The van der Waals surface area contributed by atoms with Gasteiger partial charge in [0.1, 0.15) is 0 Å². The molecule has 0 spiro atoms. The van der Waals surface area contributed by atoms with Gasteiger partial charge < -0.3 is 0 Å². The van der Waals surface area contributed by atoms with Gasteiger partial charge in [-0.1, -0.05) is 67.7 Å². The van der Waals surface area contributed by atoms with Gasteiger partial charge in [0.15, 0.2) is 0 Å². The van der Waals surface area contributed by atoms with Crippen LogP contribution in [0.25, 0.3) is 0 Å². The molecule has 0 aliphatic carbocycles. The number of nitrogens with zero attached hydrogens (tertiary/aromatic N) is 1. The second kappa shape index (κ2) is 7.77. The summed E-state index contributed by atoms with van der Waals surface area (Å²) in [6.07, 6.45) is 1.23. The van der Waals surface area contributed by atoms with Crippen LogP contribution in [0.1, 0.15) is 37.5 Å². The van der Waals surface area contributed by atoms with Gasteiger partial charge in [-0.05, 0) is 41.7 Å². The Kier molecular flexibility index (Phi) is 6.28. The number of aryl methyl sites for hydroxylation is 1. The van der Waals surface area contributed by atoms with Gasteiger partial charge in [-0.3, -0.25) is 0 Å². The molecule has 2 rings (SSSR count). The molecule has 0 aliphatic rings. The van der Waals surface area contributed by atoms with Gasteiger partial charge in [0.25, 0.3) is 10.0 Å². The van der Waals surface area contributed by atoms with Gasteiger partial charge in [0.05, 0.1) is 26.2 Å². The standard InChI is InChI=1S/C18H19Cl3N2O2S/c1-11-5-6-12(18(2,3)4)9-16(11)26(24,25)23-22-10-13-14(19)7-8-15(20)17(13)21/h5-10,23H,1-4H3/b22-10+. The lowest BCUT2D eigenvalue weighted by atomic mass is 9.87. The molecule has 0 saturated carbocycles. The molecule has 0 heterocycles. The van der Waals surface area contributed by atoms with Crippen molar-refractivity contribution in [2.45, 2.75) is 38.0 Å². The monoisotopic (exact) mass is 432 g/mol. The van der Waals surface area contributed by atoms with Gasteiger partial charge in [-0.25, -0.2) is 4.83 Å². The number of sulfonamides is 1. The maximum atomic E-state index is 12.6. The van der Waals surface area contributed by atoms with Gasteiger partial charge in [-0.15, -0.1) is 0 Å². The molecule has 0 saturated heterocycles. The first-order chi connectivity index (χ1) is 11.9. The van der Waals surface area contributed by atoms with E-state index >= 15 is 0 Å². The van der Waals surface area contributed by atoms with Crippen LogP contribution < -0.4 is 4.83 Å². The molecule has 0 aliphatic heterocycles. The third kappa shape index (κ3) is 4.71. The summed E-state index contributed by atoms with van der Waals surface area (Å²) >= 11 is 18.1. The second-order valence-corrected chi connectivity index (χ2v) is 9.66. The lowest BCUT2D eigenvalue weighted by Crippen LogP contribution is -2.21. The highest BCUT2D eigenvalue weighted by molar-refractivity contribution is 7.89. The summed E-state index contributed by atoms with van der Waals surface area (Å²) in [7, 11) is -3.85. The first-order valence-electron chi connectivity index (χ1n) is 7.73. The molecule has 140 valence electrons. The number of rotatable bonds is 4. The van der Waals surface area contributed by atoms with Crippen molar-refractivity contribution in [2.24, 2.45) is 5.10 Å². The molecule has 0 unspecified atom stereocenters. The van der Waals surface area contributed by atoms with Gasteiger partial charge in [-0.2, -0.15) is 13.5 Å². The Bertz CT molecular complexity index is 965. The fourth-order valence-corrected chi connectivity index (χ4v) is 3.92. The summed E-state index contributed by atoms with van der Waals surface area (Å²) in [6, 6.07) is 8.47. The van der Waals surface area contributed by atoms with Crippen molar-refractivity contribution < 1.29 is 8.42 Å². The number of benzene rings is 2. The predicted molar refractivity (Wildman–Crippen MR) is 109 cm³/mol. The summed E-state index contributed by atoms with van der Waals surface area (Å²) in [4.78, 5) is 2.37. The number of halogens is 3. The molecule has 8 heteroatoms. The SMILES string of the molecule is Cc1ccc(C(C)(C)C)cc1S(=O)(=O)N/N=C/c1c(Cl)ccc(Cl)c1Cl. The van der Waals surface area contributed by atoms with E-state index in [9.17, 15) is 8.42 Å². The van der Waals surface area contributed by atoms with Crippen molar-refractivity contribution in [3.8, 4) is 0 Å². The van der Waals surface area contributed by atoms with E-state index in [4.69, 9.17) is 34.8 Å². The maximum Gasteiger partial charge on any atom is 0.276 e. The number of nitrogens with one attached hydrogen (secondary N) is 1. The van der Waals surface area contributed by atoms with E-state index in [1.807, 2.05) is 26.8 Å². The molecule has 0 aromatic heterocycles. The molecule has 0 bridgehead atoms. The van der Waals surface area contributed by atoms with Gasteiger partial charge in [0, 0.05) is 5.56 Å². The van der Waals surface area contributed by atoms with Crippen LogP contribution in [0.15, 0.2) is 40.3 Å². The van der Waals surface area contributed by atoms with Crippen molar-refractivity contribution in [3.05, 3.63) is 62.1 Å². The number of hydrazone groups is 1. The third-order valence-electron chi connectivity index (χ3n) is 3.79. The van der Waals surface area contributed by atoms with Crippen LogP contribution in [-0.4, -0.2) is 14.6 Å². The Hall–Kier alpha value is -1.27. The predicted octanol–water partition coefficient (Wildman–Crippen LogP) is 5.57. The van der Waals surface area contributed by atoms with Crippen LogP contribution in [0.4, 0.5) is 0 Å². The molecule has 1 N–H and O–H groups in total. The van der Waals surface area contributed by atoms with Crippen molar-refractivity contribution in [1.29, 1.82) is 0 Å². The smallest absolute Gasteiger partial charge is 0.200 e. The minimum Gasteiger partial charge on any atom is -0.200 e. The highest BCUT2D eigenvalue weighted by Crippen LogP contribution is 2.30. The molecule has 0 radical (unpaired) electrons. The molecule has 2 aromatic carbocycles. The quantitative estimate of drug-likeness (QED) is 0.389. The zero-order valence-electron chi connectivity index (χ0n) is 14.8. The lowest BCUT2D eigenvalue weighted by Gasteiger charge is -2.20. The molecular formula is C18H19Cl3N2O2S. The average Bonchev–Trinajstić information content (AvgIpc) is 2.53. The topological polar surface area (TPSA) is 58.5 Å². The zero-order valence-corrected chi connectivity index (χ0v) is 17.9. The minimum absolute atomic E-state index is 0.172. The summed E-state index contributed by atoms with van der Waals surface area (Å²) in [5.41, 5.74) is 1.69. The van der Waals surface area contributed by atoms with Crippen LogP contribution in [0, 0.1) is 6.92 Å². The largest absolute Gasteiger partial charge is 0.276 e. The van der Waals surface area contributed by atoms with E-state index in [2.05, 4.69) is 9.93 Å². The van der Waals surface area contributed by atoms with Gasteiger partial charge in [0.2, 0.25) is 0 Å². The molecule has 4 nitrogen and oxygen atoms in total. The Morgan fingerprint density at radius 3 is 2.27 bits per heavy atom. The summed E-state index contributed by atoms with van der Waals surface area (Å²) in [6.45, 7) is 7.78. The summed E-state index contributed by atoms with van der Waals surface area (Å²) in [5, 5.41) is 4.61. The van der Waals surface area contributed by atoms with Crippen molar-refractivity contribution in [3.63, 3.8) is 0 Å². The van der Waals surface area contributed by atoms with Crippen molar-refractivity contribution >= 4 is 51.0 Å². The summed E-state index contributed by atoms with van der Waals surface area (Å²) < 4.78 is 25.3. The van der Waals surface area contributed by atoms with E-state index < -0.39 is 10.0 Å². The normalized spacial score (nSPS) is 12.6. The number of hydrogen-bond donors (Lipinski definition) is 1. The fourth-order valence-electron chi connectivity index (χ4n) is 2.23. The Morgan fingerprint density at radius 1 is 1.04 bits per heavy atom. The van der Waals surface area contributed by atoms with Crippen LogP contribution in [0.3, 0.4) is 0 Å². The minimum atomic E-state index is -3.85.